The van der Waals surface area contributed by atoms with Crippen molar-refractivity contribution in [2.24, 2.45) is 0 Å². The molecule has 6 nitrogen and oxygen atoms in total. The van der Waals surface area contributed by atoms with E-state index in [1.54, 1.807) is 23.7 Å². The number of carbonyl (C=O) groups is 1. The fourth-order valence-electron chi connectivity index (χ4n) is 2.73. The molecule has 3 heterocycles. The highest BCUT2D eigenvalue weighted by molar-refractivity contribution is 7.09. The maximum absolute atomic E-state index is 12.4. The molecule has 0 spiro atoms. The van der Waals surface area contributed by atoms with Crippen molar-refractivity contribution in [1.82, 2.24) is 14.9 Å². The minimum atomic E-state index is 0.206. The second kappa shape index (κ2) is 7.52. The SMILES string of the molecule is CN(Cc1cccs1)C(=O)C[NH+]1CCN(c2ncccn2)CC1. The van der Waals surface area contributed by atoms with Gasteiger partial charge in [-0.1, -0.05) is 6.07 Å². The molecule has 1 fully saturated rings. The van der Waals surface area contributed by atoms with Crippen LogP contribution in [0.4, 0.5) is 5.95 Å². The van der Waals surface area contributed by atoms with Crippen LogP contribution in [0.1, 0.15) is 4.88 Å². The maximum atomic E-state index is 12.4. The lowest BCUT2D eigenvalue weighted by atomic mass is 10.3. The minimum absolute atomic E-state index is 0.206. The Hall–Kier alpha value is -1.99. The van der Waals surface area contributed by atoms with Gasteiger partial charge in [-0.3, -0.25) is 4.79 Å². The van der Waals surface area contributed by atoms with Crippen molar-refractivity contribution in [1.29, 1.82) is 0 Å². The topological polar surface area (TPSA) is 53.8 Å². The fraction of sp³-hybridized carbons (Fsp3) is 0.438. The van der Waals surface area contributed by atoms with Crippen LogP contribution in [0.15, 0.2) is 36.0 Å². The molecular weight excluding hydrogens is 310 g/mol. The summed E-state index contributed by atoms with van der Waals surface area (Å²) in [7, 11) is 1.88. The standard InChI is InChI=1S/C16H21N5OS/c1-19(12-14-4-2-11-23-14)15(22)13-20-7-9-21(10-8-20)16-17-5-3-6-18-16/h2-6,11H,7-10,12-13H2,1H3/p+1. The van der Waals surface area contributed by atoms with Crippen LogP contribution in [-0.2, 0) is 11.3 Å². The van der Waals surface area contributed by atoms with E-state index in [0.717, 1.165) is 32.1 Å². The molecule has 0 atom stereocenters. The maximum Gasteiger partial charge on any atom is 0.277 e. The number of nitrogens with one attached hydrogen (secondary N) is 1. The first kappa shape index (κ1) is 15.9. The smallest absolute Gasteiger partial charge is 0.277 e. The number of quaternary nitrogens is 1. The Labute approximate surface area is 140 Å². The molecule has 23 heavy (non-hydrogen) atoms. The summed E-state index contributed by atoms with van der Waals surface area (Å²) in [5, 5.41) is 2.05. The number of hydrogen-bond acceptors (Lipinski definition) is 5. The zero-order chi connectivity index (χ0) is 16.1. The van der Waals surface area contributed by atoms with Crippen molar-refractivity contribution < 1.29 is 9.69 Å². The van der Waals surface area contributed by atoms with Gasteiger partial charge in [-0.05, 0) is 17.5 Å². The van der Waals surface area contributed by atoms with Crippen LogP contribution < -0.4 is 9.80 Å². The Balaban J connectivity index is 1.46. The monoisotopic (exact) mass is 332 g/mol. The van der Waals surface area contributed by atoms with Crippen molar-refractivity contribution in [3.05, 3.63) is 40.8 Å². The predicted molar refractivity (Wildman–Crippen MR) is 90.6 cm³/mol. The number of piperazine rings is 1. The predicted octanol–water partition coefficient (Wildman–Crippen LogP) is -0.0984. The Bertz CT molecular complexity index is 611. The number of rotatable bonds is 5. The average molecular weight is 332 g/mol. The molecule has 7 heteroatoms. The molecule has 1 aliphatic heterocycles. The Morgan fingerprint density at radius 2 is 2.04 bits per heavy atom. The lowest BCUT2D eigenvalue weighted by Gasteiger charge is -2.32. The molecule has 0 radical (unpaired) electrons. The number of carbonyl (C=O) groups excluding carboxylic acids is 1. The molecule has 1 amide bonds. The number of nitrogens with zero attached hydrogens (tertiary/aromatic N) is 4. The first-order valence-corrected chi connectivity index (χ1v) is 8.72. The zero-order valence-corrected chi connectivity index (χ0v) is 14.1. The number of thiophene rings is 1. The number of likely N-dealkylation sites (N-methyl/N-ethyl adjacent to an activating group) is 1. The largest absolute Gasteiger partial charge is 0.336 e. The van der Waals surface area contributed by atoms with Gasteiger partial charge in [-0.25, -0.2) is 9.97 Å². The summed E-state index contributed by atoms with van der Waals surface area (Å²) < 4.78 is 0. The van der Waals surface area contributed by atoms with E-state index in [4.69, 9.17) is 0 Å². The second-order valence-corrected chi connectivity index (χ2v) is 6.82. The van der Waals surface area contributed by atoms with Crippen molar-refractivity contribution in [3.8, 4) is 0 Å². The molecule has 3 rings (SSSR count). The molecule has 2 aromatic heterocycles. The van der Waals surface area contributed by atoms with E-state index in [9.17, 15) is 4.79 Å². The van der Waals surface area contributed by atoms with Crippen LogP contribution >= 0.6 is 11.3 Å². The van der Waals surface area contributed by atoms with Gasteiger partial charge in [0.25, 0.3) is 5.91 Å². The minimum Gasteiger partial charge on any atom is -0.336 e. The van der Waals surface area contributed by atoms with Crippen molar-refractivity contribution in [2.75, 3.05) is 44.7 Å². The van der Waals surface area contributed by atoms with Crippen molar-refractivity contribution in [3.63, 3.8) is 0 Å². The van der Waals surface area contributed by atoms with Gasteiger partial charge < -0.3 is 14.7 Å². The normalized spacial score (nSPS) is 15.6. The quantitative estimate of drug-likeness (QED) is 0.831. The first-order chi connectivity index (χ1) is 11.2. The van der Waals surface area contributed by atoms with Crippen molar-refractivity contribution >= 4 is 23.2 Å². The molecular formula is C16H22N5OS+. The third kappa shape index (κ3) is 4.27. The molecule has 0 unspecified atom stereocenters. The Morgan fingerprint density at radius 1 is 1.30 bits per heavy atom. The summed E-state index contributed by atoms with van der Waals surface area (Å²) in [6.45, 7) is 4.93. The Morgan fingerprint density at radius 3 is 2.70 bits per heavy atom. The molecule has 0 aromatic carbocycles. The molecule has 1 aliphatic rings. The Kier molecular flexibility index (Phi) is 5.19. The number of amides is 1. The molecule has 0 bridgehead atoms. The van der Waals surface area contributed by atoms with Gasteiger partial charge in [0.2, 0.25) is 5.95 Å². The number of hydrogen-bond donors (Lipinski definition) is 1. The first-order valence-electron chi connectivity index (χ1n) is 7.84. The van der Waals surface area contributed by atoms with Crippen LogP contribution in [-0.4, -0.2) is 60.5 Å². The van der Waals surface area contributed by atoms with Gasteiger partial charge in [-0.15, -0.1) is 11.3 Å². The molecule has 0 aliphatic carbocycles. The summed E-state index contributed by atoms with van der Waals surface area (Å²) in [5.74, 6) is 0.991. The summed E-state index contributed by atoms with van der Waals surface area (Å²) >= 11 is 1.69. The molecule has 0 saturated carbocycles. The van der Waals surface area contributed by atoms with E-state index in [1.165, 1.54) is 9.78 Å². The van der Waals surface area contributed by atoms with Crippen LogP contribution in [0.5, 0.6) is 0 Å². The number of anilines is 1. The van der Waals surface area contributed by atoms with Gasteiger partial charge in [0.1, 0.15) is 0 Å². The van der Waals surface area contributed by atoms with E-state index in [1.807, 2.05) is 29.5 Å². The van der Waals surface area contributed by atoms with Gasteiger partial charge in [0, 0.05) is 24.3 Å². The van der Waals surface area contributed by atoms with E-state index in [0.29, 0.717) is 13.1 Å². The van der Waals surface area contributed by atoms with Crippen LogP contribution in [0, 0.1) is 0 Å². The van der Waals surface area contributed by atoms with Crippen LogP contribution in [0.2, 0.25) is 0 Å². The molecule has 122 valence electrons. The highest BCUT2D eigenvalue weighted by atomic mass is 32.1. The van der Waals surface area contributed by atoms with Gasteiger partial charge >= 0.3 is 0 Å². The summed E-state index contributed by atoms with van der Waals surface area (Å²) in [6.07, 6.45) is 3.54. The highest BCUT2D eigenvalue weighted by Gasteiger charge is 2.24. The third-order valence-electron chi connectivity index (χ3n) is 4.11. The lowest BCUT2D eigenvalue weighted by Crippen LogP contribution is -3.15. The summed E-state index contributed by atoms with van der Waals surface area (Å²) in [4.78, 5) is 27.5. The zero-order valence-electron chi connectivity index (χ0n) is 13.3. The summed E-state index contributed by atoms with van der Waals surface area (Å²) in [5.41, 5.74) is 0. The molecule has 2 aromatic rings. The van der Waals surface area contributed by atoms with Crippen LogP contribution in [0.25, 0.3) is 0 Å². The van der Waals surface area contributed by atoms with Crippen LogP contribution in [0.3, 0.4) is 0 Å². The third-order valence-corrected chi connectivity index (χ3v) is 4.97. The van der Waals surface area contributed by atoms with E-state index in [-0.39, 0.29) is 5.91 Å². The van der Waals surface area contributed by atoms with Gasteiger partial charge in [0.15, 0.2) is 6.54 Å². The van der Waals surface area contributed by atoms with Crippen molar-refractivity contribution in [2.45, 2.75) is 6.54 Å². The van der Waals surface area contributed by atoms with Gasteiger partial charge in [0.05, 0.1) is 32.7 Å². The molecule has 1 N–H and O–H groups in total. The fourth-order valence-corrected chi connectivity index (χ4v) is 3.48. The van der Waals surface area contributed by atoms with Gasteiger partial charge in [-0.2, -0.15) is 0 Å². The average Bonchev–Trinajstić information content (AvgIpc) is 3.09. The lowest BCUT2D eigenvalue weighted by molar-refractivity contribution is -0.892. The highest BCUT2D eigenvalue weighted by Crippen LogP contribution is 2.10. The van der Waals surface area contributed by atoms with E-state index < -0.39 is 0 Å². The number of aromatic nitrogens is 2. The summed E-state index contributed by atoms with van der Waals surface area (Å²) in [6, 6.07) is 5.92. The molecule has 1 saturated heterocycles. The van der Waals surface area contributed by atoms with E-state index in [2.05, 4.69) is 20.9 Å². The van der Waals surface area contributed by atoms with E-state index >= 15 is 0 Å². The second-order valence-electron chi connectivity index (χ2n) is 5.79.